The molecule has 0 aromatic rings. The molecular weight excluding hydrogens is 114 g/mol. The second-order valence-electron chi connectivity index (χ2n) is 2.48. The van der Waals surface area contributed by atoms with Crippen LogP contribution in [-0.2, 0) is 0 Å². The second kappa shape index (κ2) is 1.88. The Bertz CT molecular complexity index is 168. The van der Waals surface area contributed by atoms with Crippen LogP contribution < -0.4 is 5.32 Å². The predicted molar refractivity (Wildman–Crippen MR) is 36.7 cm³/mol. The van der Waals surface area contributed by atoms with Crippen LogP contribution in [0, 0.1) is 0 Å². The molecule has 2 N–H and O–H groups in total. The summed E-state index contributed by atoms with van der Waals surface area (Å²) in [6.07, 6.45) is 5.46. The molecule has 0 aromatic carbocycles. The van der Waals surface area contributed by atoms with E-state index in [0.717, 1.165) is 5.70 Å². The SMILES string of the molecule is CC1=CC=C[C@](C)(O)N1. The Kier molecular flexibility index (Phi) is 1.33. The molecule has 50 valence electrons. The number of hydrogen-bond acceptors (Lipinski definition) is 2. The molecule has 0 saturated carbocycles. The van der Waals surface area contributed by atoms with E-state index in [-0.39, 0.29) is 0 Å². The van der Waals surface area contributed by atoms with Gasteiger partial charge in [-0.15, -0.1) is 0 Å². The number of hydrogen-bond donors (Lipinski definition) is 2. The molecule has 0 aromatic heterocycles. The normalized spacial score (nSPS) is 33.4. The van der Waals surface area contributed by atoms with Crippen molar-refractivity contribution in [2.45, 2.75) is 19.6 Å². The van der Waals surface area contributed by atoms with Crippen molar-refractivity contribution < 1.29 is 5.11 Å². The first-order valence-electron chi connectivity index (χ1n) is 2.97. The summed E-state index contributed by atoms with van der Waals surface area (Å²) in [5.74, 6) is 0. The van der Waals surface area contributed by atoms with Crippen LogP contribution in [0.5, 0.6) is 0 Å². The molecular formula is C7H11NO. The van der Waals surface area contributed by atoms with Crippen molar-refractivity contribution in [2.75, 3.05) is 0 Å². The van der Waals surface area contributed by atoms with Gasteiger partial charge in [-0.2, -0.15) is 0 Å². The van der Waals surface area contributed by atoms with Gasteiger partial charge in [0.1, 0.15) is 0 Å². The fourth-order valence-corrected chi connectivity index (χ4v) is 0.862. The van der Waals surface area contributed by atoms with E-state index in [1.807, 2.05) is 19.1 Å². The Hall–Kier alpha value is -0.760. The number of allylic oxidation sites excluding steroid dienone is 3. The molecule has 9 heavy (non-hydrogen) atoms. The first-order chi connectivity index (χ1) is 4.10. The van der Waals surface area contributed by atoms with Gasteiger partial charge in [0.2, 0.25) is 0 Å². The molecule has 0 bridgehead atoms. The van der Waals surface area contributed by atoms with Crippen LogP contribution in [0.3, 0.4) is 0 Å². The topological polar surface area (TPSA) is 32.3 Å². The van der Waals surface area contributed by atoms with Crippen molar-refractivity contribution in [1.29, 1.82) is 0 Å². The monoisotopic (exact) mass is 125 g/mol. The smallest absolute Gasteiger partial charge is 0.152 e. The van der Waals surface area contributed by atoms with E-state index >= 15 is 0 Å². The van der Waals surface area contributed by atoms with Gasteiger partial charge in [0.15, 0.2) is 5.72 Å². The van der Waals surface area contributed by atoms with Crippen LogP contribution in [0.15, 0.2) is 23.9 Å². The van der Waals surface area contributed by atoms with E-state index in [0.29, 0.717) is 0 Å². The number of nitrogens with one attached hydrogen (secondary N) is 1. The minimum atomic E-state index is -0.848. The first-order valence-corrected chi connectivity index (χ1v) is 2.97. The van der Waals surface area contributed by atoms with Crippen LogP contribution in [0.1, 0.15) is 13.8 Å². The predicted octanol–water partition coefficient (Wildman–Crippen LogP) is 0.758. The molecule has 1 rings (SSSR count). The maximum Gasteiger partial charge on any atom is 0.152 e. The van der Waals surface area contributed by atoms with E-state index in [1.54, 1.807) is 13.0 Å². The highest BCUT2D eigenvalue weighted by molar-refractivity contribution is 5.19. The number of dihydropyridines is 1. The third-order valence-corrected chi connectivity index (χ3v) is 1.22. The van der Waals surface area contributed by atoms with Crippen molar-refractivity contribution in [3.05, 3.63) is 23.9 Å². The largest absolute Gasteiger partial charge is 0.368 e. The summed E-state index contributed by atoms with van der Waals surface area (Å²) in [4.78, 5) is 0. The maximum atomic E-state index is 9.31. The Morgan fingerprint density at radius 3 is 2.67 bits per heavy atom. The fraction of sp³-hybridized carbons (Fsp3) is 0.429. The standard InChI is InChI=1S/C7H11NO/c1-6-4-3-5-7(2,9)8-6/h3-5,8-9H,1-2H3/t7-/m0/s1. The van der Waals surface area contributed by atoms with Crippen molar-refractivity contribution in [2.24, 2.45) is 0 Å². The van der Waals surface area contributed by atoms with Gasteiger partial charge in [0.05, 0.1) is 0 Å². The van der Waals surface area contributed by atoms with E-state index in [1.165, 1.54) is 0 Å². The van der Waals surface area contributed by atoms with E-state index in [2.05, 4.69) is 5.32 Å². The zero-order valence-corrected chi connectivity index (χ0v) is 5.68. The molecule has 2 heteroatoms. The highest BCUT2D eigenvalue weighted by Crippen LogP contribution is 2.08. The molecule has 0 amide bonds. The summed E-state index contributed by atoms with van der Waals surface area (Å²) in [7, 11) is 0. The van der Waals surface area contributed by atoms with Crippen LogP contribution in [0.2, 0.25) is 0 Å². The summed E-state index contributed by atoms with van der Waals surface area (Å²) in [5, 5.41) is 12.2. The molecule has 0 unspecified atom stereocenters. The van der Waals surface area contributed by atoms with Gasteiger partial charge in [-0.1, -0.05) is 6.08 Å². The molecule has 0 fully saturated rings. The molecule has 1 heterocycles. The van der Waals surface area contributed by atoms with E-state index < -0.39 is 5.72 Å². The lowest BCUT2D eigenvalue weighted by molar-refractivity contribution is 0.0839. The van der Waals surface area contributed by atoms with E-state index in [4.69, 9.17) is 0 Å². The molecule has 0 spiro atoms. The lowest BCUT2D eigenvalue weighted by atomic mass is 10.1. The minimum Gasteiger partial charge on any atom is -0.368 e. The van der Waals surface area contributed by atoms with Gasteiger partial charge in [-0.05, 0) is 26.0 Å². The lowest BCUT2D eigenvalue weighted by Gasteiger charge is -2.24. The molecule has 2 nitrogen and oxygen atoms in total. The molecule has 0 saturated heterocycles. The van der Waals surface area contributed by atoms with Gasteiger partial charge in [-0.3, -0.25) is 0 Å². The van der Waals surface area contributed by atoms with Crippen molar-refractivity contribution in [3.63, 3.8) is 0 Å². The van der Waals surface area contributed by atoms with Crippen LogP contribution in [0.25, 0.3) is 0 Å². The molecule has 0 aliphatic carbocycles. The second-order valence-corrected chi connectivity index (χ2v) is 2.48. The van der Waals surface area contributed by atoms with Crippen molar-refractivity contribution in [3.8, 4) is 0 Å². The average Bonchev–Trinajstić information content (AvgIpc) is 1.60. The van der Waals surface area contributed by atoms with Crippen LogP contribution in [-0.4, -0.2) is 10.8 Å². The van der Waals surface area contributed by atoms with Crippen molar-refractivity contribution in [1.82, 2.24) is 5.32 Å². The summed E-state index contributed by atoms with van der Waals surface area (Å²) in [5.41, 5.74) is 0.140. The third kappa shape index (κ3) is 1.57. The minimum absolute atomic E-state index is 0.848. The Labute approximate surface area is 54.9 Å². The van der Waals surface area contributed by atoms with Gasteiger partial charge in [0.25, 0.3) is 0 Å². The average molecular weight is 125 g/mol. The Balaban J connectivity index is 2.73. The summed E-state index contributed by atoms with van der Waals surface area (Å²) in [6, 6.07) is 0. The zero-order valence-electron chi connectivity index (χ0n) is 5.68. The van der Waals surface area contributed by atoms with Crippen LogP contribution in [0.4, 0.5) is 0 Å². The zero-order chi connectivity index (χ0) is 6.91. The highest BCUT2D eigenvalue weighted by Gasteiger charge is 2.16. The molecule has 0 radical (unpaired) electrons. The van der Waals surface area contributed by atoms with Gasteiger partial charge < -0.3 is 10.4 Å². The highest BCUT2D eigenvalue weighted by atomic mass is 16.3. The molecule has 1 atom stereocenters. The lowest BCUT2D eigenvalue weighted by Crippen LogP contribution is -2.40. The first kappa shape index (κ1) is 6.36. The molecule has 1 aliphatic heterocycles. The molecule has 1 aliphatic rings. The Morgan fingerprint density at radius 2 is 2.33 bits per heavy atom. The van der Waals surface area contributed by atoms with Crippen LogP contribution >= 0.6 is 0 Å². The number of aliphatic hydroxyl groups is 1. The van der Waals surface area contributed by atoms with E-state index in [9.17, 15) is 5.11 Å². The third-order valence-electron chi connectivity index (χ3n) is 1.22. The quantitative estimate of drug-likeness (QED) is 0.501. The van der Waals surface area contributed by atoms with Gasteiger partial charge in [0, 0.05) is 5.70 Å². The maximum absolute atomic E-state index is 9.31. The fourth-order valence-electron chi connectivity index (χ4n) is 0.862. The van der Waals surface area contributed by atoms with Crippen molar-refractivity contribution >= 4 is 0 Å². The van der Waals surface area contributed by atoms with Gasteiger partial charge in [-0.25, -0.2) is 0 Å². The summed E-state index contributed by atoms with van der Waals surface area (Å²) in [6.45, 7) is 3.62. The number of rotatable bonds is 0. The summed E-state index contributed by atoms with van der Waals surface area (Å²) < 4.78 is 0. The Morgan fingerprint density at radius 1 is 1.67 bits per heavy atom. The van der Waals surface area contributed by atoms with Gasteiger partial charge >= 0.3 is 0 Å². The summed E-state index contributed by atoms with van der Waals surface area (Å²) >= 11 is 0.